The molecule has 14 rings (SSSR count). The molecule has 2 fully saturated rings. The molecule has 0 unspecified atom stereocenters. The fourth-order valence-electron chi connectivity index (χ4n) is 15.1. The fourth-order valence-corrected chi connectivity index (χ4v) is 24.0. The van der Waals surface area contributed by atoms with Gasteiger partial charge in [0.15, 0.2) is 98.4 Å². The first-order valence-corrected chi connectivity index (χ1v) is 48.1. The van der Waals surface area contributed by atoms with Gasteiger partial charge in [0, 0.05) is 29.8 Å². The second-order valence-electron chi connectivity index (χ2n) is 31.6. The average molecular weight is 1890 g/mol. The summed E-state index contributed by atoms with van der Waals surface area (Å²) in [4.78, 5) is 62.3. The third-order valence-electron chi connectivity index (χ3n) is 21.9. The molecule has 0 amide bonds. The molecule has 0 aliphatic heterocycles. The molecule has 2 saturated carbocycles. The van der Waals surface area contributed by atoms with Gasteiger partial charge in [-0.1, -0.05) is 166 Å². The summed E-state index contributed by atoms with van der Waals surface area (Å²) in [5.41, 5.74) is 4.42. The minimum Gasteiger partial charge on any atom is -0.482 e. The highest BCUT2D eigenvalue weighted by molar-refractivity contribution is 7.98. The standard InChI is InChI=1S/C30H35O3S.C29H33O3S.C24H20F5O3S.C23H18F5O3S/c1-4-30(18-12-7-13-19-30)33-28(31)22-32-29-23(2)20-27(21-24(29)3)34(25-14-8-5-9-15-25)26-16-10-6-11-17-26;1-4-29(17-11-12-18-29)32-27(30)21-31-28-22(2)19-26(20-23(28)3)33(24-13-7-5-8-14-24)25-15-9-6-10-16-25;1-17-14-18(31-15-22(30)32-16-23(25,26)24(27,28)29)12-13-21(17)33(19-8-4-2-5-9-19)20-10-6-3-7-11-20;24-22(25,23(26,27)28)16-31-21(29)15-30-17-11-13-20(14-12-17)32(18-7-3-1-4-8-18)19-9-5-2-6-10-19/h5-6,8-11,14-17,20-21H,4,7,12-13,18-19,22H2,1-3H3;5-10,13-16,19-20H,4,11-12,17-18,21H2,1-3H3;2-14H,15-16H2,1H3;1-14H,15-16H2/q4*+1. The highest BCUT2D eigenvalue weighted by Crippen LogP contribution is 2.44. The zero-order valence-electron chi connectivity index (χ0n) is 74.3. The van der Waals surface area contributed by atoms with Crippen LogP contribution in [0.4, 0.5) is 43.9 Å². The van der Waals surface area contributed by atoms with Gasteiger partial charge in [-0.15, -0.1) is 0 Å². The third kappa shape index (κ3) is 28.2. The Morgan fingerprint density at radius 3 is 0.811 bits per heavy atom. The van der Waals surface area contributed by atoms with Gasteiger partial charge >= 0.3 is 48.1 Å². The lowest BCUT2D eigenvalue weighted by molar-refractivity contribution is -0.294. The lowest BCUT2D eigenvalue weighted by Gasteiger charge is -2.35. The molecule has 132 heavy (non-hydrogen) atoms. The van der Waals surface area contributed by atoms with E-state index in [-0.39, 0.29) is 69.6 Å². The molecular formula is C106H106F10O12S4+4. The molecular weight excluding hydrogens is 1780 g/mol. The smallest absolute Gasteiger partial charge is 0.456 e. The van der Waals surface area contributed by atoms with E-state index in [1.54, 1.807) is 24.3 Å². The summed E-state index contributed by atoms with van der Waals surface area (Å²) in [5.74, 6) is -11.4. The van der Waals surface area contributed by atoms with Gasteiger partial charge in [0.05, 0.1) is 43.6 Å². The van der Waals surface area contributed by atoms with E-state index in [9.17, 15) is 63.1 Å². The zero-order valence-corrected chi connectivity index (χ0v) is 77.5. The number of carbonyl (C=O) groups excluding carboxylic acids is 4. The van der Waals surface area contributed by atoms with Crippen molar-refractivity contribution in [1.82, 2.24) is 0 Å². The van der Waals surface area contributed by atoms with Crippen LogP contribution in [-0.4, -0.2) is 98.9 Å². The predicted octanol–water partition coefficient (Wildman–Crippen LogP) is 26.6. The Labute approximate surface area is 776 Å². The van der Waals surface area contributed by atoms with Gasteiger partial charge < -0.3 is 37.9 Å². The van der Waals surface area contributed by atoms with Crippen molar-refractivity contribution < 1.29 is 101 Å². The van der Waals surface area contributed by atoms with Crippen molar-refractivity contribution in [2.75, 3.05) is 39.6 Å². The Bertz CT molecular complexity index is 5450. The van der Waals surface area contributed by atoms with Crippen LogP contribution in [0, 0.1) is 34.6 Å². The van der Waals surface area contributed by atoms with Crippen LogP contribution >= 0.6 is 0 Å². The molecule has 0 saturated heterocycles. The van der Waals surface area contributed by atoms with Crippen molar-refractivity contribution in [2.24, 2.45) is 0 Å². The highest BCUT2D eigenvalue weighted by Gasteiger charge is 2.59. The number of carbonyl (C=O) groups is 4. The maximum atomic E-state index is 12.9. The highest BCUT2D eigenvalue weighted by atomic mass is 32.2. The molecule has 12 nitrogen and oxygen atoms in total. The monoisotopic (exact) mass is 1890 g/mol. The molecule has 0 N–H and O–H groups in total. The van der Waals surface area contributed by atoms with E-state index >= 15 is 0 Å². The third-order valence-corrected chi connectivity index (χ3v) is 30.9. The second kappa shape index (κ2) is 47.7. The number of alkyl halides is 10. The summed E-state index contributed by atoms with van der Waals surface area (Å²) in [6, 6.07) is 103. The van der Waals surface area contributed by atoms with Crippen LogP contribution < -0.4 is 18.9 Å². The Balaban J connectivity index is 0.000000170. The first-order valence-electron chi connectivity index (χ1n) is 43.2. The van der Waals surface area contributed by atoms with Gasteiger partial charge in [-0.25, -0.2) is 19.2 Å². The van der Waals surface area contributed by atoms with E-state index in [4.69, 9.17) is 28.4 Å². The average Bonchev–Trinajstić information content (AvgIpc) is 1.14. The number of hydrogen-bond acceptors (Lipinski definition) is 12. The molecule has 0 bridgehead atoms. The van der Waals surface area contributed by atoms with Crippen LogP contribution in [0.2, 0.25) is 0 Å². The zero-order chi connectivity index (χ0) is 94.5. The Hall–Kier alpha value is -11.6. The molecule has 0 atom stereocenters. The topological polar surface area (TPSA) is 142 Å². The van der Waals surface area contributed by atoms with Crippen molar-refractivity contribution in [3.8, 4) is 23.0 Å². The van der Waals surface area contributed by atoms with Crippen molar-refractivity contribution >= 4 is 67.5 Å². The quantitative estimate of drug-likeness (QED) is 0.0171. The molecule has 0 aromatic heterocycles. The number of hydrogen-bond donors (Lipinski definition) is 0. The van der Waals surface area contributed by atoms with Crippen molar-refractivity contribution in [1.29, 1.82) is 0 Å². The summed E-state index contributed by atoms with van der Waals surface area (Å²) < 4.78 is 166. The maximum absolute atomic E-state index is 12.9. The van der Waals surface area contributed by atoms with E-state index in [2.05, 4.69) is 197 Å². The summed E-state index contributed by atoms with van der Waals surface area (Å²) in [6.07, 6.45) is -0.251. The van der Waals surface area contributed by atoms with E-state index < -0.39 is 84.4 Å². The SMILES string of the molecule is CCC1(OC(=O)COc2c(C)cc([S+](c3ccccc3)c3ccccc3)cc2C)CCCC1.CCC1(OC(=O)COc2c(C)cc([S+](c3ccccc3)c3ccccc3)cc2C)CCCCC1.Cc1cc(OCC(=O)OCC(F)(F)C(F)(F)F)ccc1[S+](c1ccccc1)c1ccccc1.O=C(COc1ccc([S+](c2ccccc2)c2ccccc2)cc1)OCC(F)(F)C(F)(F)F. The molecule has 0 heterocycles. The van der Waals surface area contributed by atoms with Crippen molar-refractivity contribution in [3.63, 3.8) is 0 Å². The second-order valence-corrected chi connectivity index (χ2v) is 39.6. The van der Waals surface area contributed by atoms with E-state index in [0.29, 0.717) is 0 Å². The van der Waals surface area contributed by atoms with E-state index in [1.165, 1.54) is 35.8 Å². The number of benzene rings is 12. The Morgan fingerprint density at radius 1 is 0.280 bits per heavy atom. The van der Waals surface area contributed by atoms with Gasteiger partial charge in [0.2, 0.25) is 0 Å². The molecule has 12 aromatic rings. The van der Waals surface area contributed by atoms with Crippen LogP contribution in [0.1, 0.15) is 112 Å². The van der Waals surface area contributed by atoms with Crippen molar-refractivity contribution in [3.05, 3.63) is 337 Å². The Kier molecular flexibility index (Phi) is 36.5. The maximum Gasteiger partial charge on any atom is 0.456 e. The van der Waals surface area contributed by atoms with E-state index in [0.717, 1.165) is 133 Å². The lowest BCUT2D eigenvalue weighted by Crippen LogP contribution is -2.41. The fraction of sp³-hybridized carbons (Fsp3) is 0.283. The number of ether oxygens (including phenoxy) is 8. The molecule has 0 radical (unpaired) electrons. The number of halogens is 10. The first kappa shape index (κ1) is 101. The normalized spacial score (nSPS) is 13.5. The van der Waals surface area contributed by atoms with Crippen LogP contribution in [0.15, 0.2) is 368 Å². The molecule has 2 aliphatic carbocycles. The largest absolute Gasteiger partial charge is 0.482 e. The predicted molar refractivity (Wildman–Crippen MR) is 495 cm³/mol. The van der Waals surface area contributed by atoms with Gasteiger partial charge in [0.1, 0.15) is 34.2 Å². The summed E-state index contributed by atoms with van der Waals surface area (Å²) in [5, 5.41) is 0. The van der Waals surface area contributed by atoms with Gasteiger partial charge in [-0.2, -0.15) is 43.9 Å². The summed E-state index contributed by atoms with van der Waals surface area (Å²) in [6.45, 7) is 8.44. The summed E-state index contributed by atoms with van der Waals surface area (Å²) >= 11 is 0. The molecule has 692 valence electrons. The van der Waals surface area contributed by atoms with Crippen molar-refractivity contribution in [2.45, 2.75) is 213 Å². The molecule has 12 aromatic carbocycles. The number of esters is 4. The molecule has 2 aliphatic rings. The van der Waals surface area contributed by atoms with Crippen LogP contribution in [-0.2, 0) is 81.7 Å². The van der Waals surface area contributed by atoms with E-state index in [1.807, 2.05) is 146 Å². The number of rotatable bonds is 32. The lowest BCUT2D eigenvalue weighted by atomic mass is 9.83. The summed E-state index contributed by atoms with van der Waals surface area (Å²) in [7, 11) is -1.23. The molecule has 0 spiro atoms. The van der Waals surface area contributed by atoms with Crippen LogP contribution in [0.3, 0.4) is 0 Å². The van der Waals surface area contributed by atoms with Gasteiger partial charge in [-0.05, 0) is 261 Å². The van der Waals surface area contributed by atoms with Crippen LogP contribution in [0.25, 0.3) is 0 Å². The first-order chi connectivity index (χ1) is 63.3. The van der Waals surface area contributed by atoms with Gasteiger partial charge in [0.25, 0.3) is 0 Å². The van der Waals surface area contributed by atoms with Gasteiger partial charge in [-0.3, -0.25) is 0 Å². The molecule has 26 heteroatoms. The Morgan fingerprint density at radius 2 is 0.530 bits per heavy atom. The minimum absolute atomic E-state index is 0.0497. The minimum atomic E-state index is -5.80. The van der Waals surface area contributed by atoms with Crippen LogP contribution in [0.5, 0.6) is 23.0 Å². The number of aryl methyl sites for hydroxylation is 5.